The topological polar surface area (TPSA) is 156 Å². The summed E-state index contributed by atoms with van der Waals surface area (Å²) in [6.45, 7) is 16.5. The molecule has 2 saturated carbocycles. The molecule has 0 radical (unpaired) electrons. The predicted molar refractivity (Wildman–Crippen MR) is 199 cm³/mol. The van der Waals surface area contributed by atoms with Crippen molar-refractivity contribution in [3.05, 3.63) is 0 Å². The van der Waals surface area contributed by atoms with Crippen LogP contribution in [0, 0.1) is 23.7 Å². The fourth-order valence-electron chi connectivity index (χ4n) is 8.82. The molecule has 5 saturated heterocycles. The van der Waals surface area contributed by atoms with Gasteiger partial charge in [-0.25, -0.2) is 9.59 Å². The third kappa shape index (κ3) is 15.5. The van der Waals surface area contributed by atoms with Gasteiger partial charge in [0.15, 0.2) is 0 Å². The van der Waals surface area contributed by atoms with Crippen LogP contribution in [-0.4, -0.2) is 132 Å². The molecule has 7 fully saturated rings. The number of piperidine rings is 2. The van der Waals surface area contributed by atoms with Crippen LogP contribution in [0.5, 0.6) is 0 Å². The second-order valence-electron chi connectivity index (χ2n) is 18.3. The molecule has 5 aliphatic heterocycles. The molecule has 0 aromatic carbocycles. The number of carbonyl (C=O) groups excluding carboxylic acids is 4. The van der Waals surface area contributed by atoms with Crippen LogP contribution in [0.15, 0.2) is 0 Å². The van der Waals surface area contributed by atoms with Crippen molar-refractivity contribution in [2.75, 3.05) is 33.4 Å². The Morgan fingerprint density at radius 2 is 1.07 bits per heavy atom. The number of ether oxygens (including phenoxy) is 4. The van der Waals surface area contributed by atoms with Gasteiger partial charge in [0, 0.05) is 33.4 Å². The maximum absolute atomic E-state index is 12.7. The molecular formula is C39H64F6N4O9. The van der Waals surface area contributed by atoms with E-state index in [0.717, 1.165) is 24.5 Å². The van der Waals surface area contributed by atoms with Crippen LogP contribution in [0.25, 0.3) is 0 Å². The van der Waals surface area contributed by atoms with Gasteiger partial charge in [-0.2, -0.15) is 26.3 Å². The van der Waals surface area contributed by atoms with Gasteiger partial charge in [0.1, 0.15) is 24.0 Å². The molecule has 4 amide bonds. The molecular weight excluding hydrogens is 782 g/mol. The summed E-state index contributed by atoms with van der Waals surface area (Å²) < 4.78 is 97.1. The lowest BCUT2D eigenvalue weighted by Crippen LogP contribution is -2.58. The van der Waals surface area contributed by atoms with Crippen LogP contribution in [0.2, 0.25) is 0 Å². The number of alkyl halides is 6. The standard InChI is InChI=1S/C18H29F3N2O4.C17H27F3N2O4.C4H8O/c1-10-6-11-7-12(22-16(25)27-17(2,3)4)15(26-5)14(10)23(9-11)13(24)8-18(19,20)21;1-9-5-10-6-11(21-15(25)26-16(2,3)4)14(24)13(9)22(8-10)12(23)7-17(18,19)20;1-2-4-5-3-1/h10-12,14-15H,6-9H2,1-5H3,(H,22,25);9-11,13-14,24H,5-8H2,1-4H3,(H,21,25);1-4H2/t10-,11?,12+,14?,15+;9-,10?,11+,13?,14+;/m11./s1. The van der Waals surface area contributed by atoms with Crippen molar-refractivity contribution in [2.24, 2.45) is 23.7 Å². The minimum atomic E-state index is -4.59. The second-order valence-corrected chi connectivity index (χ2v) is 18.3. The number of aliphatic hydroxyl groups is 1. The molecule has 7 rings (SSSR count). The largest absolute Gasteiger partial charge is 0.444 e. The average Bonchev–Trinajstić information content (AvgIpc) is 3.47. The number of rotatable bonds is 5. The Hall–Kier alpha value is -3.06. The Bertz CT molecular complexity index is 1380. The fraction of sp³-hybridized carbons (Fsp3) is 0.897. The van der Waals surface area contributed by atoms with Gasteiger partial charge in [-0.05, 0) is 104 Å². The van der Waals surface area contributed by atoms with Gasteiger partial charge >= 0.3 is 24.5 Å². The third-order valence-electron chi connectivity index (χ3n) is 10.7. The number of aliphatic hydroxyl groups excluding tert-OH is 1. The van der Waals surface area contributed by atoms with Crippen molar-refractivity contribution in [3.63, 3.8) is 0 Å². The number of nitrogens with one attached hydrogen (secondary N) is 2. The van der Waals surface area contributed by atoms with Crippen molar-refractivity contribution in [2.45, 2.75) is 167 Å². The zero-order valence-corrected chi connectivity index (χ0v) is 35.1. The zero-order chi connectivity index (χ0) is 44.0. The minimum absolute atomic E-state index is 0.00600. The van der Waals surface area contributed by atoms with E-state index in [-0.39, 0.29) is 36.8 Å². The van der Waals surface area contributed by atoms with Crippen LogP contribution in [0.3, 0.4) is 0 Å². The molecule has 0 aromatic heterocycles. The molecule has 5 heterocycles. The van der Waals surface area contributed by atoms with E-state index >= 15 is 0 Å². The van der Waals surface area contributed by atoms with E-state index in [0.29, 0.717) is 19.3 Å². The number of nitrogens with zero attached hydrogens (tertiary/aromatic N) is 2. The van der Waals surface area contributed by atoms with E-state index in [2.05, 4.69) is 10.6 Å². The summed E-state index contributed by atoms with van der Waals surface area (Å²) in [6, 6.07) is -2.39. The molecule has 19 heteroatoms. The number of hydrogen-bond donors (Lipinski definition) is 3. The average molecular weight is 847 g/mol. The number of carbonyl (C=O) groups is 4. The van der Waals surface area contributed by atoms with Gasteiger partial charge in [-0.3, -0.25) is 9.59 Å². The summed E-state index contributed by atoms with van der Waals surface area (Å²) in [7, 11) is 1.45. The van der Waals surface area contributed by atoms with Crippen molar-refractivity contribution in [3.8, 4) is 0 Å². The highest BCUT2D eigenvalue weighted by Gasteiger charge is 2.51. The van der Waals surface area contributed by atoms with E-state index in [1.165, 1.54) is 24.9 Å². The SMILES string of the molecule is C1CCOC1.CO[C@@H]1C2[C@H](C)CC(C[C@@H]1NC(=O)OC(C)(C)C)CN2C(=O)CC(F)(F)F.C[C@@H]1CC2C[C@H](NC(=O)OC(C)(C)C)[C@H](O)C1N(C(=O)CC(F)(F)F)C2. The lowest BCUT2D eigenvalue weighted by atomic mass is 9.85. The zero-order valence-electron chi connectivity index (χ0n) is 35.1. The van der Waals surface area contributed by atoms with Gasteiger partial charge in [-0.1, -0.05) is 13.8 Å². The number of fused-ring (bicyclic) bond motifs is 8. The van der Waals surface area contributed by atoms with E-state index in [1.807, 2.05) is 13.8 Å². The molecule has 7 aliphatic rings. The Morgan fingerprint density at radius 3 is 1.45 bits per heavy atom. The molecule has 58 heavy (non-hydrogen) atoms. The van der Waals surface area contributed by atoms with Crippen molar-refractivity contribution < 1.29 is 69.6 Å². The second kappa shape index (κ2) is 20.0. The van der Waals surface area contributed by atoms with Gasteiger partial charge in [-0.15, -0.1) is 0 Å². The molecule has 13 nitrogen and oxygen atoms in total. The van der Waals surface area contributed by atoms with Gasteiger partial charge < -0.3 is 44.5 Å². The first-order chi connectivity index (χ1) is 26.6. The maximum atomic E-state index is 12.7. The first-order valence-electron chi connectivity index (χ1n) is 20.1. The first-order valence-corrected chi connectivity index (χ1v) is 20.1. The van der Waals surface area contributed by atoms with E-state index < -0.39 is 96.8 Å². The number of alkyl carbamates (subject to hydrolysis) is 2. The summed E-state index contributed by atoms with van der Waals surface area (Å²) in [5.41, 5.74) is -1.38. The van der Waals surface area contributed by atoms with Gasteiger partial charge in [0.25, 0.3) is 0 Å². The lowest BCUT2D eigenvalue weighted by molar-refractivity contribution is -0.169. The summed E-state index contributed by atoms with van der Waals surface area (Å²) >= 11 is 0. The molecule has 10 atom stereocenters. The van der Waals surface area contributed by atoms with Crippen LogP contribution in [0.4, 0.5) is 35.9 Å². The maximum Gasteiger partial charge on any atom is 0.407 e. The van der Waals surface area contributed by atoms with E-state index in [1.54, 1.807) is 41.5 Å². The number of halogens is 6. The third-order valence-corrected chi connectivity index (χ3v) is 10.7. The van der Waals surface area contributed by atoms with Crippen molar-refractivity contribution >= 4 is 24.0 Å². The Kier molecular flexibility index (Phi) is 17.0. The summed E-state index contributed by atoms with van der Waals surface area (Å²) in [6.07, 6.45) is -10.3. The highest BCUT2D eigenvalue weighted by Crippen LogP contribution is 2.41. The summed E-state index contributed by atoms with van der Waals surface area (Å²) in [4.78, 5) is 51.1. The summed E-state index contributed by atoms with van der Waals surface area (Å²) in [5.74, 6) is -2.26. The fourth-order valence-corrected chi connectivity index (χ4v) is 8.82. The van der Waals surface area contributed by atoms with Crippen LogP contribution in [-0.2, 0) is 28.5 Å². The molecule has 2 aliphatic carbocycles. The molecule has 336 valence electrons. The minimum Gasteiger partial charge on any atom is -0.444 e. The molecule has 4 bridgehead atoms. The van der Waals surface area contributed by atoms with Gasteiger partial charge in [0.2, 0.25) is 11.8 Å². The van der Waals surface area contributed by atoms with E-state index in [4.69, 9.17) is 18.9 Å². The highest BCUT2D eigenvalue weighted by molar-refractivity contribution is 5.78. The molecule has 0 spiro atoms. The number of amides is 4. The van der Waals surface area contributed by atoms with Crippen molar-refractivity contribution in [1.29, 1.82) is 0 Å². The van der Waals surface area contributed by atoms with Crippen LogP contribution in [0.1, 0.15) is 107 Å². The smallest absolute Gasteiger partial charge is 0.407 e. The normalized spacial score (nSPS) is 31.1. The van der Waals surface area contributed by atoms with Crippen molar-refractivity contribution in [1.82, 2.24) is 20.4 Å². The lowest BCUT2D eigenvalue weighted by Gasteiger charge is -2.43. The highest BCUT2D eigenvalue weighted by atomic mass is 19.4. The monoisotopic (exact) mass is 846 g/mol. The quantitative estimate of drug-likeness (QED) is 0.269. The molecule has 3 N–H and O–H groups in total. The van der Waals surface area contributed by atoms with Crippen LogP contribution < -0.4 is 10.6 Å². The van der Waals surface area contributed by atoms with E-state index in [9.17, 15) is 50.6 Å². The first kappa shape index (κ1) is 49.3. The molecule has 0 aromatic rings. The summed E-state index contributed by atoms with van der Waals surface area (Å²) in [5, 5.41) is 16.1. The molecule has 4 unspecified atom stereocenters. The Morgan fingerprint density at radius 1 is 0.672 bits per heavy atom. The number of hydrogen-bond acceptors (Lipinski definition) is 9. The predicted octanol–water partition coefficient (Wildman–Crippen LogP) is 6.35. The number of methoxy groups -OCH3 is 1. The Balaban J connectivity index is 0.000000276. The van der Waals surface area contributed by atoms with Crippen LogP contribution >= 0.6 is 0 Å². The van der Waals surface area contributed by atoms with Gasteiger partial charge in [0.05, 0.1) is 36.4 Å². The Labute approximate surface area is 337 Å².